The highest BCUT2D eigenvalue weighted by Gasteiger charge is 2.35. The smallest absolute Gasteiger partial charge is 0.264 e. The summed E-state index contributed by atoms with van der Waals surface area (Å²) < 4.78 is 36.5. The zero-order chi connectivity index (χ0) is 34.0. The fourth-order valence-corrected chi connectivity index (χ4v) is 6.99. The Balaban J connectivity index is 1.84. The number of ether oxygens (including phenoxy) is 1. The maximum absolute atomic E-state index is 14.7. The van der Waals surface area contributed by atoms with Gasteiger partial charge in [-0.15, -0.1) is 0 Å². The summed E-state index contributed by atoms with van der Waals surface area (Å²) >= 11 is 3.52. The van der Waals surface area contributed by atoms with Gasteiger partial charge in [0.15, 0.2) is 0 Å². The maximum atomic E-state index is 14.7. The summed E-state index contributed by atoms with van der Waals surface area (Å²) in [5.74, 6) is -0.520. The van der Waals surface area contributed by atoms with Crippen LogP contribution in [-0.4, -0.2) is 50.4 Å². The van der Waals surface area contributed by atoms with Crippen molar-refractivity contribution in [2.24, 2.45) is 0 Å². The van der Waals surface area contributed by atoms with Crippen LogP contribution in [0.3, 0.4) is 0 Å². The number of halogens is 1. The molecule has 0 aliphatic carbocycles. The molecule has 4 aromatic rings. The number of aryl methyl sites for hydroxylation is 1. The van der Waals surface area contributed by atoms with Crippen molar-refractivity contribution >= 4 is 43.5 Å². The van der Waals surface area contributed by atoms with Crippen molar-refractivity contribution in [2.45, 2.75) is 64.1 Å². The average Bonchev–Trinajstić information content (AvgIpc) is 3.06. The lowest BCUT2D eigenvalue weighted by Crippen LogP contribution is -2.54. The molecule has 4 aromatic carbocycles. The highest BCUT2D eigenvalue weighted by atomic mass is 79.9. The van der Waals surface area contributed by atoms with E-state index in [9.17, 15) is 18.0 Å². The van der Waals surface area contributed by atoms with Crippen molar-refractivity contribution in [3.63, 3.8) is 0 Å². The van der Waals surface area contributed by atoms with Crippen LogP contribution in [0.15, 0.2) is 112 Å². The number of benzene rings is 4. The Morgan fingerprint density at radius 3 is 2.19 bits per heavy atom. The first-order chi connectivity index (χ1) is 22.5. The Hall–Kier alpha value is -4.15. The second-order valence-electron chi connectivity index (χ2n) is 11.4. The number of carbonyl (C=O) groups excluding carboxylic acids is 2. The Morgan fingerprint density at radius 1 is 0.872 bits per heavy atom. The van der Waals surface area contributed by atoms with Crippen LogP contribution < -0.4 is 14.4 Å². The topological polar surface area (TPSA) is 96.0 Å². The van der Waals surface area contributed by atoms with Gasteiger partial charge in [0.1, 0.15) is 18.3 Å². The van der Waals surface area contributed by atoms with E-state index in [-0.39, 0.29) is 35.5 Å². The van der Waals surface area contributed by atoms with E-state index in [2.05, 4.69) is 21.2 Å². The van der Waals surface area contributed by atoms with Crippen LogP contribution >= 0.6 is 15.9 Å². The first kappa shape index (κ1) is 35.7. The monoisotopic (exact) mass is 719 g/mol. The van der Waals surface area contributed by atoms with Gasteiger partial charge in [-0.2, -0.15) is 0 Å². The SMILES string of the molecule is CCOc1ccccc1N(CC(=O)N(Cc1cccc(Br)c1)[C@@H](Cc1ccccc1)C(=O)N[C@H](C)CC)S(=O)(=O)c1ccc(C)cc1. The molecule has 1 N–H and O–H groups in total. The minimum atomic E-state index is -4.25. The van der Waals surface area contributed by atoms with E-state index in [1.54, 1.807) is 36.4 Å². The lowest BCUT2D eigenvalue weighted by molar-refractivity contribution is -0.140. The van der Waals surface area contributed by atoms with Gasteiger partial charge in [0.05, 0.1) is 17.2 Å². The lowest BCUT2D eigenvalue weighted by Gasteiger charge is -2.34. The van der Waals surface area contributed by atoms with Gasteiger partial charge in [-0.05, 0) is 74.7 Å². The molecule has 0 bridgehead atoms. The van der Waals surface area contributed by atoms with Crippen molar-refractivity contribution in [3.8, 4) is 5.75 Å². The molecular formula is C37H42BrN3O5S. The number of nitrogens with zero attached hydrogens (tertiary/aromatic N) is 2. The zero-order valence-corrected chi connectivity index (χ0v) is 29.6. The molecule has 0 saturated carbocycles. The third kappa shape index (κ3) is 9.45. The normalized spacial score (nSPS) is 12.5. The molecule has 8 nitrogen and oxygen atoms in total. The van der Waals surface area contributed by atoms with Crippen LogP contribution in [0.5, 0.6) is 5.75 Å². The molecule has 0 unspecified atom stereocenters. The molecule has 0 saturated heterocycles. The summed E-state index contributed by atoms with van der Waals surface area (Å²) in [6.07, 6.45) is 0.948. The van der Waals surface area contributed by atoms with Crippen LogP contribution in [0, 0.1) is 6.92 Å². The summed E-state index contributed by atoms with van der Waals surface area (Å²) in [4.78, 5) is 30.2. The maximum Gasteiger partial charge on any atom is 0.264 e. The quantitative estimate of drug-likeness (QED) is 0.144. The molecule has 0 aromatic heterocycles. The van der Waals surface area contributed by atoms with Gasteiger partial charge in [-0.1, -0.05) is 95.1 Å². The number of carbonyl (C=O) groups is 2. The standard InChI is InChI=1S/C37H42BrN3O5S/c1-5-28(4)39-37(43)34(24-29-13-8-7-9-14-29)40(25-30-15-12-16-31(38)23-30)36(42)26-41(33-17-10-11-18-35(33)46-6-2)47(44,45)32-21-19-27(3)20-22-32/h7-23,28,34H,5-6,24-26H2,1-4H3,(H,39,43)/t28-,34+/m1/s1. The van der Waals surface area contributed by atoms with E-state index in [1.165, 1.54) is 17.0 Å². The molecule has 0 aliphatic rings. The highest BCUT2D eigenvalue weighted by molar-refractivity contribution is 9.10. The average molecular weight is 721 g/mol. The molecule has 0 radical (unpaired) electrons. The largest absolute Gasteiger partial charge is 0.492 e. The van der Waals surface area contributed by atoms with E-state index in [0.717, 1.165) is 25.5 Å². The van der Waals surface area contributed by atoms with Gasteiger partial charge in [0.2, 0.25) is 11.8 Å². The van der Waals surface area contributed by atoms with Crippen molar-refractivity contribution < 1.29 is 22.7 Å². The molecule has 47 heavy (non-hydrogen) atoms. The second kappa shape index (κ2) is 16.6. The number of anilines is 1. The number of nitrogens with one attached hydrogen (secondary N) is 1. The third-order valence-electron chi connectivity index (χ3n) is 7.84. The Labute approximate surface area is 286 Å². The molecular weight excluding hydrogens is 678 g/mol. The van der Waals surface area contributed by atoms with E-state index >= 15 is 0 Å². The predicted octanol–water partition coefficient (Wildman–Crippen LogP) is 6.91. The fraction of sp³-hybridized carbons (Fsp3) is 0.297. The van der Waals surface area contributed by atoms with E-state index < -0.39 is 28.5 Å². The summed E-state index contributed by atoms with van der Waals surface area (Å²) in [6, 6.07) is 29.2. The first-order valence-corrected chi connectivity index (χ1v) is 18.0. The van der Waals surface area contributed by atoms with Crippen molar-refractivity contribution in [2.75, 3.05) is 17.5 Å². The van der Waals surface area contributed by atoms with E-state index in [0.29, 0.717) is 18.8 Å². The summed E-state index contributed by atoms with van der Waals surface area (Å²) in [6.45, 7) is 7.40. The zero-order valence-electron chi connectivity index (χ0n) is 27.2. The number of amides is 2. The summed E-state index contributed by atoms with van der Waals surface area (Å²) in [5, 5.41) is 3.06. The number of para-hydroxylation sites is 2. The number of rotatable bonds is 15. The molecule has 4 rings (SSSR count). The molecule has 2 atom stereocenters. The molecule has 2 amide bonds. The summed E-state index contributed by atoms with van der Waals surface area (Å²) in [7, 11) is -4.25. The highest BCUT2D eigenvalue weighted by Crippen LogP contribution is 2.33. The second-order valence-corrected chi connectivity index (χ2v) is 14.2. The lowest BCUT2D eigenvalue weighted by atomic mass is 10.0. The van der Waals surface area contributed by atoms with Crippen LogP contribution in [-0.2, 0) is 32.6 Å². The number of sulfonamides is 1. The molecule has 248 valence electrons. The van der Waals surface area contributed by atoms with Gasteiger partial charge in [-0.3, -0.25) is 13.9 Å². The number of hydrogen-bond donors (Lipinski definition) is 1. The Morgan fingerprint density at radius 2 is 1.53 bits per heavy atom. The van der Waals surface area contributed by atoms with Crippen molar-refractivity contribution in [3.05, 3.63) is 124 Å². The van der Waals surface area contributed by atoms with E-state index in [4.69, 9.17) is 4.74 Å². The van der Waals surface area contributed by atoms with E-state index in [1.807, 2.05) is 82.3 Å². The molecule has 0 heterocycles. The van der Waals surface area contributed by atoms with Gasteiger partial charge in [-0.25, -0.2) is 8.42 Å². The Kier molecular flexibility index (Phi) is 12.6. The van der Waals surface area contributed by atoms with Crippen LogP contribution in [0.2, 0.25) is 0 Å². The third-order valence-corrected chi connectivity index (χ3v) is 10.1. The number of hydrogen-bond acceptors (Lipinski definition) is 5. The Bertz CT molecular complexity index is 1750. The van der Waals surface area contributed by atoms with Crippen molar-refractivity contribution in [1.82, 2.24) is 10.2 Å². The van der Waals surface area contributed by atoms with Crippen LogP contribution in [0.1, 0.15) is 43.9 Å². The van der Waals surface area contributed by atoms with Crippen LogP contribution in [0.4, 0.5) is 5.69 Å². The van der Waals surface area contributed by atoms with Gasteiger partial charge in [0.25, 0.3) is 10.0 Å². The molecule has 0 fully saturated rings. The van der Waals surface area contributed by atoms with Crippen LogP contribution in [0.25, 0.3) is 0 Å². The molecule has 10 heteroatoms. The minimum absolute atomic E-state index is 0.0380. The van der Waals surface area contributed by atoms with Crippen molar-refractivity contribution in [1.29, 1.82) is 0 Å². The molecule has 0 spiro atoms. The fourth-order valence-electron chi connectivity index (χ4n) is 5.12. The summed E-state index contributed by atoms with van der Waals surface area (Å²) in [5.41, 5.74) is 2.78. The minimum Gasteiger partial charge on any atom is -0.492 e. The van der Waals surface area contributed by atoms with Gasteiger partial charge < -0.3 is 15.0 Å². The van der Waals surface area contributed by atoms with Gasteiger partial charge in [0, 0.05) is 23.5 Å². The first-order valence-electron chi connectivity index (χ1n) is 15.7. The van der Waals surface area contributed by atoms with Gasteiger partial charge >= 0.3 is 0 Å². The predicted molar refractivity (Wildman–Crippen MR) is 190 cm³/mol. The molecule has 0 aliphatic heterocycles.